The van der Waals surface area contributed by atoms with E-state index in [0.29, 0.717) is 38.1 Å². The number of carboxylic acid groups (broad SMARTS) is 1. The molecule has 3 atom stereocenters. The average molecular weight is 434 g/mol. The van der Waals surface area contributed by atoms with Crippen LogP contribution in [0.5, 0.6) is 0 Å². The summed E-state index contributed by atoms with van der Waals surface area (Å²) in [6, 6.07) is -0.400. The molecular formula is C20H30N6O5. The lowest BCUT2D eigenvalue weighted by Gasteiger charge is -2.16. The van der Waals surface area contributed by atoms with Crippen molar-refractivity contribution in [2.45, 2.75) is 58.2 Å². The van der Waals surface area contributed by atoms with Crippen molar-refractivity contribution < 1.29 is 24.6 Å². The predicted octanol–water partition coefficient (Wildman–Crippen LogP) is -0.0345. The summed E-state index contributed by atoms with van der Waals surface area (Å²) in [5, 5.41) is 27.2. The van der Waals surface area contributed by atoms with E-state index >= 15 is 0 Å². The van der Waals surface area contributed by atoms with Gasteiger partial charge in [0.1, 0.15) is 5.82 Å². The van der Waals surface area contributed by atoms with Crippen molar-refractivity contribution in [1.82, 2.24) is 30.4 Å². The molecule has 2 heterocycles. The van der Waals surface area contributed by atoms with Crippen LogP contribution in [0.15, 0.2) is 12.4 Å². The highest BCUT2D eigenvalue weighted by Crippen LogP contribution is 2.26. The Balaban J connectivity index is 0.00000107. The summed E-state index contributed by atoms with van der Waals surface area (Å²) in [4.78, 5) is 40.0. The van der Waals surface area contributed by atoms with Gasteiger partial charge >= 0.3 is 0 Å². The van der Waals surface area contributed by atoms with Gasteiger partial charge in [0.15, 0.2) is 0 Å². The van der Waals surface area contributed by atoms with Gasteiger partial charge in [-0.25, -0.2) is 4.98 Å². The summed E-state index contributed by atoms with van der Waals surface area (Å²) in [6.07, 6.45) is 4.31. The zero-order valence-electron chi connectivity index (χ0n) is 18.0. The molecule has 1 aliphatic rings. The number of imidazole rings is 1. The Labute approximate surface area is 180 Å². The van der Waals surface area contributed by atoms with Gasteiger partial charge in [0, 0.05) is 37.5 Å². The van der Waals surface area contributed by atoms with Crippen molar-refractivity contribution in [3.05, 3.63) is 35.2 Å². The van der Waals surface area contributed by atoms with Gasteiger partial charge in [-0.2, -0.15) is 5.10 Å². The number of amides is 2. The molecule has 2 amide bonds. The molecule has 3 rings (SSSR count). The van der Waals surface area contributed by atoms with Crippen molar-refractivity contribution in [1.29, 1.82) is 0 Å². The number of aromatic nitrogens is 4. The molecule has 0 bridgehead atoms. The van der Waals surface area contributed by atoms with E-state index in [0.717, 1.165) is 17.0 Å². The van der Waals surface area contributed by atoms with Crippen LogP contribution in [0.2, 0.25) is 0 Å². The van der Waals surface area contributed by atoms with E-state index in [1.807, 2.05) is 25.6 Å². The number of rotatable bonds is 7. The molecule has 31 heavy (non-hydrogen) atoms. The third kappa shape index (κ3) is 6.64. The normalized spacial score (nSPS) is 19.9. The highest BCUT2D eigenvalue weighted by molar-refractivity contribution is 5.80. The standard InChI is InChI=1S/C19H28N6O3.CH2O2/c1-11-14(12(2)25(3)24-11)4-5-18(27)23-15-8-13(9-16(15)26)19(28)22-10-17-20-6-7-21-17;2-1-3/h6-7,13,15-16,26H,4-5,8-10H2,1-3H3,(H,20,21)(H,22,28)(H,23,27);1H,(H,2,3)/t13-,15-,16-;/m0./s1. The second-order valence-electron chi connectivity index (χ2n) is 7.54. The van der Waals surface area contributed by atoms with Crippen molar-refractivity contribution in [2.24, 2.45) is 13.0 Å². The Morgan fingerprint density at radius 1 is 1.35 bits per heavy atom. The summed E-state index contributed by atoms with van der Waals surface area (Å²) < 4.78 is 1.81. The largest absolute Gasteiger partial charge is 0.483 e. The van der Waals surface area contributed by atoms with Crippen LogP contribution >= 0.6 is 0 Å². The lowest BCUT2D eigenvalue weighted by molar-refractivity contribution is -0.125. The zero-order chi connectivity index (χ0) is 23.0. The maximum Gasteiger partial charge on any atom is 0.290 e. The second-order valence-corrected chi connectivity index (χ2v) is 7.54. The molecule has 0 saturated heterocycles. The number of carbonyl (C=O) groups excluding carboxylic acids is 2. The van der Waals surface area contributed by atoms with Crippen LogP contribution in [-0.2, 0) is 34.4 Å². The first-order valence-corrected chi connectivity index (χ1v) is 10.1. The van der Waals surface area contributed by atoms with Crippen molar-refractivity contribution >= 4 is 18.3 Å². The van der Waals surface area contributed by atoms with Crippen molar-refractivity contribution in [3.8, 4) is 0 Å². The number of carbonyl (C=O) groups is 3. The van der Waals surface area contributed by atoms with Crippen LogP contribution in [0, 0.1) is 19.8 Å². The van der Waals surface area contributed by atoms with Crippen LogP contribution in [0.1, 0.15) is 42.0 Å². The molecule has 0 spiro atoms. The summed E-state index contributed by atoms with van der Waals surface area (Å²) in [7, 11) is 1.89. The number of nitrogens with zero attached hydrogens (tertiary/aromatic N) is 3. The van der Waals surface area contributed by atoms with Crippen LogP contribution in [0.4, 0.5) is 0 Å². The highest BCUT2D eigenvalue weighted by atomic mass is 16.3. The van der Waals surface area contributed by atoms with Crippen LogP contribution in [0.3, 0.4) is 0 Å². The number of aromatic amines is 1. The summed E-state index contributed by atoms with van der Waals surface area (Å²) in [6.45, 7) is 3.99. The quantitative estimate of drug-likeness (QED) is 0.382. The van der Waals surface area contributed by atoms with E-state index in [1.165, 1.54) is 0 Å². The smallest absolute Gasteiger partial charge is 0.290 e. The third-order valence-electron chi connectivity index (χ3n) is 5.49. The molecule has 5 N–H and O–H groups in total. The number of aliphatic hydroxyl groups excluding tert-OH is 1. The fourth-order valence-corrected chi connectivity index (χ4v) is 3.79. The number of aryl methyl sites for hydroxylation is 2. The lowest BCUT2D eigenvalue weighted by Crippen LogP contribution is -2.40. The van der Waals surface area contributed by atoms with Crippen molar-refractivity contribution in [2.75, 3.05) is 0 Å². The fourth-order valence-electron chi connectivity index (χ4n) is 3.79. The van der Waals surface area contributed by atoms with E-state index in [9.17, 15) is 14.7 Å². The van der Waals surface area contributed by atoms with Crippen LogP contribution in [-0.4, -0.2) is 60.4 Å². The molecule has 11 heteroatoms. The minimum absolute atomic E-state index is 0.122. The number of H-pyrrole nitrogens is 1. The van der Waals surface area contributed by atoms with Gasteiger partial charge in [-0.3, -0.25) is 19.1 Å². The molecule has 0 unspecified atom stereocenters. The number of hydrogen-bond donors (Lipinski definition) is 5. The molecule has 2 aromatic heterocycles. The Morgan fingerprint density at radius 3 is 2.65 bits per heavy atom. The monoisotopic (exact) mass is 434 g/mol. The SMILES string of the molecule is Cc1nn(C)c(C)c1CCC(=O)N[C@H]1C[C@H](C(=O)NCc2ncc[nH]2)C[C@@H]1O.O=CO. The van der Waals surface area contributed by atoms with E-state index in [2.05, 4.69) is 25.7 Å². The molecular weight excluding hydrogens is 404 g/mol. The Bertz CT molecular complexity index is 879. The third-order valence-corrected chi connectivity index (χ3v) is 5.49. The number of aliphatic hydroxyl groups is 1. The molecule has 1 saturated carbocycles. The van der Waals surface area contributed by atoms with Gasteiger partial charge in [-0.05, 0) is 38.7 Å². The molecule has 0 aromatic carbocycles. The lowest BCUT2D eigenvalue weighted by atomic mass is 10.1. The summed E-state index contributed by atoms with van der Waals surface area (Å²) in [5.74, 6) is 0.105. The molecule has 11 nitrogen and oxygen atoms in total. The minimum Gasteiger partial charge on any atom is -0.483 e. The van der Waals surface area contributed by atoms with Gasteiger partial charge in [-0.1, -0.05) is 0 Å². The van der Waals surface area contributed by atoms with Gasteiger partial charge in [-0.15, -0.1) is 0 Å². The molecule has 1 aliphatic carbocycles. The van der Waals surface area contributed by atoms with Gasteiger partial charge in [0.2, 0.25) is 11.8 Å². The minimum atomic E-state index is -0.717. The fraction of sp³-hybridized carbons (Fsp3) is 0.550. The molecule has 2 aromatic rings. The Kier molecular flexibility index (Phi) is 8.74. The topological polar surface area (TPSA) is 162 Å². The summed E-state index contributed by atoms with van der Waals surface area (Å²) in [5.41, 5.74) is 3.07. The number of nitrogens with one attached hydrogen (secondary N) is 3. The van der Waals surface area contributed by atoms with E-state index in [-0.39, 0.29) is 24.2 Å². The van der Waals surface area contributed by atoms with Gasteiger partial charge < -0.3 is 25.8 Å². The first-order chi connectivity index (χ1) is 14.8. The maximum absolute atomic E-state index is 12.3. The second kappa shape index (κ2) is 11.3. The number of hydrogen-bond acceptors (Lipinski definition) is 6. The highest BCUT2D eigenvalue weighted by Gasteiger charge is 2.37. The molecule has 1 fully saturated rings. The molecule has 0 radical (unpaired) electrons. The molecule has 0 aliphatic heterocycles. The Hall–Kier alpha value is -3.21. The average Bonchev–Trinajstić information content (AvgIpc) is 3.41. The van der Waals surface area contributed by atoms with Gasteiger partial charge in [0.05, 0.1) is 24.4 Å². The first-order valence-electron chi connectivity index (χ1n) is 10.1. The van der Waals surface area contributed by atoms with Crippen molar-refractivity contribution in [3.63, 3.8) is 0 Å². The van der Waals surface area contributed by atoms with E-state index in [1.54, 1.807) is 12.4 Å². The summed E-state index contributed by atoms with van der Waals surface area (Å²) >= 11 is 0. The van der Waals surface area contributed by atoms with Crippen LogP contribution in [0.25, 0.3) is 0 Å². The van der Waals surface area contributed by atoms with Gasteiger partial charge in [0.25, 0.3) is 6.47 Å². The Morgan fingerprint density at radius 2 is 2.06 bits per heavy atom. The van der Waals surface area contributed by atoms with E-state index in [4.69, 9.17) is 9.90 Å². The zero-order valence-corrected chi connectivity index (χ0v) is 18.0. The first kappa shape index (κ1) is 24.1. The van der Waals surface area contributed by atoms with E-state index < -0.39 is 12.1 Å². The van der Waals surface area contributed by atoms with Crippen LogP contribution < -0.4 is 10.6 Å². The maximum atomic E-state index is 12.3. The predicted molar refractivity (Wildman–Crippen MR) is 111 cm³/mol. The molecule has 170 valence electrons.